The second kappa shape index (κ2) is 6.78. The monoisotopic (exact) mass is 343 g/mol. The molecule has 132 valence electrons. The van der Waals surface area contributed by atoms with Crippen molar-refractivity contribution in [1.29, 1.82) is 0 Å². The molecule has 1 aliphatic carbocycles. The van der Waals surface area contributed by atoms with Crippen molar-refractivity contribution in [3.05, 3.63) is 34.9 Å². The number of benzene rings is 1. The molecule has 0 spiro atoms. The number of hydrogen-bond donors (Lipinski definition) is 0. The Balaban J connectivity index is 1.84. The van der Waals surface area contributed by atoms with Crippen LogP contribution in [0.15, 0.2) is 18.2 Å². The van der Waals surface area contributed by atoms with Crippen molar-refractivity contribution in [3.63, 3.8) is 0 Å². The second-order valence-electron chi connectivity index (χ2n) is 6.69. The zero-order chi connectivity index (χ0) is 18.1. The number of rotatable bonds is 4. The maximum atomic E-state index is 12.7. The number of amides is 2. The molecule has 0 radical (unpaired) electrons. The van der Waals surface area contributed by atoms with E-state index in [0.29, 0.717) is 5.56 Å². The van der Waals surface area contributed by atoms with E-state index < -0.39 is 12.1 Å². The van der Waals surface area contributed by atoms with Crippen LogP contribution in [0.2, 0.25) is 0 Å². The molecule has 1 heterocycles. The predicted molar refractivity (Wildman–Crippen MR) is 89.4 cm³/mol. The number of hydrogen-bond acceptors (Lipinski definition) is 5. The first-order valence-corrected chi connectivity index (χ1v) is 8.63. The Morgan fingerprint density at radius 3 is 2.36 bits per heavy atom. The van der Waals surface area contributed by atoms with Gasteiger partial charge in [-0.1, -0.05) is 19.3 Å². The van der Waals surface area contributed by atoms with Gasteiger partial charge in [-0.05, 0) is 44.9 Å². The van der Waals surface area contributed by atoms with E-state index >= 15 is 0 Å². The quantitative estimate of drug-likeness (QED) is 0.620. The topological polar surface area (TPSA) is 80.8 Å². The fraction of sp³-hybridized carbons (Fsp3) is 0.474. The number of fused-ring (bicyclic) bond motifs is 1. The van der Waals surface area contributed by atoms with Crippen LogP contribution in [-0.4, -0.2) is 40.6 Å². The number of carbonyl (C=O) groups is 4. The molecular formula is C19H21NO5. The third kappa shape index (κ3) is 3.21. The van der Waals surface area contributed by atoms with Gasteiger partial charge in [0.15, 0.2) is 11.9 Å². The Kier molecular flexibility index (Phi) is 4.70. The molecule has 1 aromatic rings. The summed E-state index contributed by atoms with van der Waals surface area (Å²) >= 11 is 0. The minimum atomic E-state index is -0.850. The zero-order valence-electron chi connectivity index (χ0n) is 14.4. The first-order chi connectivity index (χ1) is 11.9. The average Bonchev–Trinajstić information content (AvgIpc) is 2.86. The van der Waals surface area contributed by atoms with Crippen molar-refractivity contribution in [1.82, 2.24) is 4.90 Å². The van der Waals surface area contributed by atoms with E-state index in [4.69, 9.17) is 4.74 Å². The summed E-state index contributed by atoms with van der Waals surface area (Å²) in [4.78, 5) is 50.0. The minimum absolute atomic E-state index is 0.0608. The summed E-state index contributed by atoms with van der Waals surface area (Å²) in [5.74, 6) is -1.57. The molecule has 1 atom stereocenters. The molecule has 0 N–H and O–H groups in total. The molecule has 0 aromatic heterocycles. The molecule has 3 rings (SSSR count). The molecule has 0 saturated heterocycles. The van der Waals surface area contributed by atoms with Crippen LogP contribution < -0.4 is 0 Å². The minimum Gasteiger partial charge on any atom is -0.451 e. The van der Waals surface area contributed by atoms with Gasteiger partial charge in [0, 0.05) is 6.04 Å². The molecule has 1 fully saturated rings. The lowest BCUT2D eigenvalue weighted by Gasteiger charge is -2.29. The van der Waals surface area contributed by atoms with Crippen molar-refractivity contribution >= 4 is 23.6 Å². The lowest BCUT2D eigenvalue weighted by molar-refractivity contribution is -0.124. The largest absolute Gasteiger partial charge is 0.451 e. The van der Waals surface area contributed by atoms with Crippen LogP contribution in [0.3, 0.4) is 0 Å². The van der Waals surface area contributed by atoms with E-state index in [9.17, 15) is 19.2 Å². The van der Waals surface area contributed by atoms with Gasteiger partial charge in [-0.25, -0.2) is 4.79 Å². The summed E-state index contributed by atoms with van der Waals surface area (Å²) in [7, 11) is 0. The highest BCUT2D eigenvalue weighted by molar-refractivity contribution is 6.22. The van der Waals surface area contributed by atoms with Crippen molar-refractivity contribution < 1.29 is 23.9 Å². The summed E-state index contributed by atoms with van der Waals surface area (Å²) in [5, 5.41) is 0. The molecule has 0 bridgehead atoms. The second-order valence-corrected chi connectivity index (χ2v) is 6.69. The summed E-state index contributed by atoms with van der Waals surface area (Å²) in [6, 6.07) is 4.29. The average molecular weight is 343 g/mol. The first kappa shape index (κ1) is 17.3. The van der Waals surface area contributed by atoms with E-state index in [1.54, 1.807) is 0 Å². The predicted octanol–water partition coefficient (Wildman–Crippen LogP) is 2.75. The number of ether oxygens (including phenoxy) is 1. The third-order valence-electron chi connectivity index (χ3n) is 4.95. The van der Waals surface area contributed by atoms with Gasteiger partial charge in [0.05, 0.1) is 16.7 Å². The molecular weight excluding hydrogens is 322 g/mol. The molecule has 6 heteroatoms. The molecule has 1 saturated carbocycles. The van der Waals surface area contributed by atoms with E-state index in [2.05, 4.69) is 0 Å². The van der Waals surface area contributed by atoms with E-state index in [0.717, 1.165) is 32.1 Å². The fourth-order valence-electron chi connectivity index (χ4n) is 3.37. The molecule has 1 unspecified atom stereocenters. The van der Waals surface area contributed by atoms with E-state index in [-0.39, 0.29) is 34.8 Å². The van der Waals surface area contributed by atoms with Crippen LogP contribution in [0.25, 0.3) is 0 Å². The molecule has 1 aromatic carbocycles. The maximum absolute atomic E-state index is 12.7. The fourth-order valence-corrected chi connectivity index (χ4v) is 3.37. The Morgan fingerprint density at radius 1 is 1.08 bits per heavy atom. The molecule has 6 nitrogen and oxygen atoms in total. The first-order valence-electron chi connectivity index (χ1n) is 8.63. The van der Waals surface area contributed by atoms with E-state index in [1.165, 1.54) is 36.9 Å². The van der Waals surface area contributed by atoms with Gasteiger partial charge < -0.3 is 4.74 Å². The van der Waals surface area contributed by atoms with Crippen molar-refractivity contribution in [2.24, 2.45) is 0 Å². The molecule has 1 aliphatic heterocycles. The van der Waals surface area contributed by atoms with Crippen LogP contribution in [-0.2, 0) is 9.53 Å². The number of ketones is 1. The number of imide groups is 1. The van der Waals surface area contributed by atoms with Crippen molar-refractivity contribution in [2.45, 2.75) is 58.1 Å². The van der Waals surface area contributed by atoms with Crippen LogP contribution >= 0.6 is 0 Å². The summed E-state index contributed by atoms with van der Waals surface area (Å²) in [5.41, 5.74) is 0.728. The van der Waals surface area contributed by atoms with Gasteiger partial charge in [0.2, 0.25) is 0 Å². The van der Waals surface area contributed by atoms with Gasteiger partial charge in [0.1, 0.15) is 0 Å². The van der Waals surface area contributed by atoms with Gasteiger partial charge >= 0.3 is 5.97 Å². The normalized spacial score (nSPS) is 18.9. The molecule has 25 heavy (non-hydrogen) atoms. The zero-order valence-corrected chi connectivity index (χ0v) is 14.4. The van der Waals surface area contributed by atoms with Gasteiger partial charge in [-0.3, -0.25) is 19.3 Å². The smallest absolute Gasteiger partial charge is 0.338 e. The highest BCUT2D eigenvalue weighted by Crippen LogP contribution is 2.31. The highest BCUT2D eigenvalue weighted by Gasteiger charge is 2.40. The van der Waals surface area contributed by atoms with Gasteiger partial charge in [-0.15, -0.1) is 0 Å². The Hall–Kier alpha value is -2.50. The van der Waals surface area contributed by atoms with E-state index in [1.807, 2.05) is 0 Å². The summed E-state index contributed by atoms with van der Waals surface area (Å²) < 4.78 is 5.06. The van der Waals surface area contributed by atoms with Crippen molar-refractivity contribution in [2.75, 3.05) is 0 Å². The van der Waals surface area contributed by atoms with Gasteiger partial charge in [0.25, 0.3) is 11.8 Å². The number of carbonyl (C=O) groups excluding carboxylic acids is 4. The molecule has 2 aliphatic rings. The lowest BCUT2D eigenvalue weighted by atomic mass is 9.94. The maximum Gasteiger partial charge on any atom is 0.338 e. The number of esters is 1. The van der Waals surface area contributed by atoms with Crippen LogP contribution in [0, 0.1) is 0 Å². The lowest BCUT2D eigenvalue weighted by Crippen LogP contribution is -2.40. The standard InChI is InChI=1S/C19H21NO5/c1-11(21)12(2)25-19(24)13-8-9-15-16(10-13)18(23)20(17(15)22)14-6-4-3-5-7-14/h8-10,12,14H,3-7H2,1-2H3. The Labute approximate surface area is 146 Å². The molecule has 2 amide bonds. The van der Waals surface area contributed by atoms with Crippen LogP contribution in [0.4, 0.5) is 0 Å². The van der Waals surface area contributed by atoms with Crippen LogP contribution in [0.5, 0.6) is 0 Å². The highest BCUT2D eigenvalue weighted by atomic mass is 16.5. The Morgan fingerprint density at radius 2 is 1.72 bits per heavy atom. The Bertz CT molecular complexity index is 748. The summed E-state index contributed by atoms with van der Waals surface area (Å²) in [6.07, 6.45) is 3.96. The number of Topliss-reactive ketones (excluding diaryl/α,β-unsaturated/α-hetero) is 1. The van der Waals surface area contributed by atoms with Gasteiger partial charge in [-0.2, -0.15) is 0 Å². The SMILES string of the molecule is CC(=O)C(C)OC(=O)c1ccc2c(c1)C(=O)N(C1CCCCC1)C2=O. The van der Waals surface area contributed by atoms with Crippen molar-refractivity contribution in [3.8, 4) is 0 Å². The third-order valence-corrected chi connectivity index (χ3v) is 4.95. The summed E-state index contributed by atoms with van der Waals surface area (Å²) in [6.45, 7) is 2.83. The number of nitrogens with zero attached hydrogens (tertiary/aromatic N) is 1. The van der Waals surface area contributed by atoms with Crippen LogP contribution in [0.1, 0.15) is 77.0 Å².